The van der Waals surface area contributed by atoms with Crippen molar-refractivity contribution < 1.29 is 14.3 Å². The van der Waals surface area contributed by atoms with Crippen molar-refractivity contribution >= 4 is 39.2 Å². The minimum absolute atomic E-state index is 0.106. The molecule has 1 heterocycles. The van der Waals surface area contributed by atoms with E-state index in [0.29, 0.717) is 39.9 Å². The number of thiocarbonyl (C=S) groups is 1. The Hall–Kier alpha value is -3.02. The van der Waals surface area contributed by atoms with E-state index in [0.717, 1.165) is 11.1 Å². The first kappa shape index (κ1) is 23.6. The van der Waals surface area contributed by atoms with Crippen LogP contribution < -0.4 is 25.4 Å². The van der Waals surface area contributed by atoms with Crippen LogP contribution in [0.4, 0.5) is 0 Å². The summed E-state index contributed by atoms with van der Waals surface area (Å²) in [5.74, 6) is 2.70. The highest BCUT2D eigenvalue weighted by molar-refractivity contribution is 9.10. The number of ether oxygens (including phenoxy) is 2. The van der Waals surface area contributed by atoms with Gasteiger partial charge in [-0.2, -0.15) is 0 Å². The van der Waals surface area contributed by atoms with E-state index in [-0.39, 0.29) is 12.5 Å². The van der Waals surface area contributed by atoms with Gasteiger partial charge in [-0.3, -0.25) is 4.79 Å². The molecule has 2 aromatic carbocycles. The molecule has 1 saturated heterocycles. The topological polar surface area (TPSA) is 71.6 Å². The van der Waals surface area contributed by atoms with E-state index < -0.39 is 12.0 Å². The van der Waals surface area contributed by atoms with E-state index in [9.17, 15) is 4.79 Å². The number of terminal acetylenes is 1. The highest BCUT2D eigenvalue weighted by Crippen LogP contribution is 2.41. The number of benzene rings is 2. The SMILES string of the molecule is C#CCOc1c(Br)cc([C@@H]2NC(=S)NC(=C)[C@@H]2C(=O)NCc2ccccc2)cc1OCC. The minimum Gasteiger partial charge on any atom is -0.490 e. The van der Waals surface area contributed by atoms with Crippen LogP contribution in [0.25, 0.3) is 0 Å². The van der Waals surface area contributed by atoms with Gasteiger partial charge in [-0.05, 0) is 58.3 Å². The van der Waals surface area contributed by atoms with E-state index in [1.54, 1.807) is 0 Å². The third-order valence-electron chi connectivity index (χ3n) is 4.85. The van der Waals surface area contributed by atoms with Crippen molar-refractivity contribution in [2.45, 2.75) is 19.5 Å². The number of carbonyl (C=O) groups is 1. The normalized spacial score (nSPS) is 17.5. The quantitative estimate of drug-likeness (QED) is 0.368. The monoisotopic (exact) mass is 513 g/mol. The maximum atomic E-state index is 13.2. The summed E-state index contributed by atoms with van der Waals surface area (Å²) in [6.07, 6.45) is 5.33. The number of rotatable bonds is 8. The van der Waals surface area contributed by atoms with Gasteiger partial charge in [0.1, 0.15) is 12.5 Å². The molecule has 2 atom stereocenters. The number of halogens is 1. The molecule has 3 N–H and O–H groups in total. The van der Waals surface area contributed by atoms with Crippen LogP contribution >= 0.6 is 28.1 Å². The Morgan fingerprint density at radius 3 is 2.75 bits per heavy atom. The Balaban J connectivity index is 1.91. The van der Waals surface area contributed by atoms with Crippen LogP contribution in [-0.2, 0) is 11.3 Å². The molecular formula is C24H24BrN3O3S. The van der Waals surface area contributed by atoms with Crippen LogP contribution in [0.3, 0.4) is 0 Å². The largest absolute Gasteiger partial charge is 0.490 e. The Bertz CT molecular complexity index is 1050. The average Bonchev–Trinajstić information content (AvgIpc) is 2.77. The van der Waals surface area contributed by atoms with Gasteiger partial charge in [0, 0.05) is 12.2 Å². The van der Waals surface area contributed by atoms with E-state index in [4.69, 9.17) is 28.1 Å². The second-order valence-electron chi connectivity index (χ2n) is 7.04. The van der Waals surface area contributed by atoms with Crippen LogP contribution in [0, 0.1) is 18.3 Å². The first-order valence-electron chi connectivity index (χ1n) is 10.0. The van der Waals surface area contributed by atoms with Crippen molar-refractivity contribution in [1.82, 2.24) is 16.0 Å². The Kier molecular flexibility index (Phi) is 8.14. The Morgan fingerprint density at radius 2 is 2.06 bits per heavy atom. The molecule has 32 heavy (non-hydrogen) atoms. The molecule has 3 rings (SSSR count). The fraction of sp³-hybridized carbons (Fsp3) is 0.250. The highest BCUT2D eigenvalue weighted by atomic mass is 79.9. The smallest absolute Gasteiger partial charge is 0.231 e. The number of carbonyl (C=O) groups excluding carboxylic acids is 1. The molecule has 1 amide bonds. The van der Waals surface area contributed by atoms with Crippen molar-refractivity contribution in [3.8, 4) is 23.8 Å². The molecule has 0 aliphatic carbocycles. The zero-order valence-corrected chi connectivity index (χ0v) is 20.0. The zero-order valence-electron chi connectivity index (χ0n) is 17.6. The van der Waals surface area contributed by atoms with Crippen LogP contribution in [0.15, 0.2) is 59.2 Å². The van der Waals surface area contributed by atoms with Gasteiger partial charge in [0.05, 0.1) is 17.1 Å². The summed E-state index contributed by atoms with van der Waals surface area (Å²) < 4.78 is 12.1. The van der Waals surface area contributed by atoms with E-state index >= 15 is 0 Å². The third-order valence-corrected chi connectivity index (χ3v) is 5.66. The number of nitrogens with one attached hydrogen (secondary N) is 3. The minimum atomic E-state index is -0.607. The summed E-state index contributed by atoms with van der Waals surface area (Å²) in [5.41, 5.74) is 2.32. The van der Waals surface area contributed by atoms with Gasteiger partial charge in [0.2, 0.25) is 5.91 Å². The van der Waals surface area contributed by atoms with Crippen molar-refractivity contribution in [3.63, 3.8) is 0 Å². The Labute approximate surface area is 201 Å². The summed E-state index contributed by atoms with van der Waals surface area (Å²) >= 11 is 8.88. The second-order valence-corrected chi connectivity index (χ2v) is 8.30. The highest BCUT2D eigenvalue weighted by Gasteiger charge is 2.37. The summed E-state index contributed by atoms with van der Waals surface area (Å²) in [6.45, 7) is 6.88. The van der Waals surface area contributed by atoms with E-state index in [1.807, 2.05) is 49.4 Å². The third kappa shape index (κ3) is 5.61. The van der Waals surface area contributed by atoms with Gasteiger partial charge >= 0.3 is 0 Å². The zero-order chi connectivity index (χ0) is 23.1. The fourth-order valence-electron chi connectivity index (χ4n) is 3.45. The molecule has 166 valence electrons. The fourth-order valence-corrected chi connectivity index (χ4v) is 4.28. The van der Waals surface area contributed by atoms with Crippen molar-refractivity contribution in [2.75, 3.05) is 13.2 Å². The first-order chi connectivity index (χ1) is 15.4. The van der Waals surface area contributed by atoms with Gasteiger partial charge in [-0.1, -0.05) is 42.8 Å². The number of hydrogen-bond acceptors (Lipinski definition) is 4. The molecule has 1 aliphatic heterocycles. The molecule has 0 aromatic heterocycles. The Morgan fingerprint density at radius 1 is 1.31 bits per heavy atom. The van der Waals surface area contributed by atoms with Crippen molar-refractivity contribution in [3.05, 3.63) is 70.3 Å². The lowest BCUT2D eigenvalue weighted by molar-refractivity contribution is -0.125. The lowest BCUT2D eigenvalue weighted by atomic mass is 9.88. The standard InChI is InChI=1S/C24H24BrN3O3S/c1-4-11-31-22-18(25)12-17(13-19(22)30-5-2)21-20(15(3)27-24(32)28-21)23(29)26-14-16-9-7-6-8-10-16/h1,6-10,12-13,20-21H,3,5,11,14H2,2H3,(H,26,29)(H2,27,28,32)/t20-,21-/m0/s1. The lowest BCUT2D eigenvalue weighted by Gasteiger charge is -2.35. The van der Waals surface area contributed by atoms with Gasteiger partial charge < -0.3 is 25.4 Å². The summed E-state index contributed by atoms with van der Waals surface area (Å²) in [6, 6.07) is 13.0. The van der Waals surface area contributed by atoms with Crippen LogP contribution in [0.2, 0.25) is 0 Å². The number of amides is 1. The summed E-state index contributed by atoms with van der Waals surface area (Å²) in [5, 5.41) is 9.57. The van der Waals surface area contributed by atoms with Crippen molar-refractivity contribution in [1.29, 1.82) is 0 Å². The summed E-state index contributed by atoms with van der Waals surface area (Å²) in [7, 11) is 0. The van der Waals surface area contributed by atoms with Crippen LogP contribution in [0.1, 0.15) is 24.1 Å². The molecule has 0 radical (unpaired) electrons. The van der Waals surface area contributed by atoms with Gasteiger partial charge in [0.15, 0.2) is 16.6 Å². The maximum absolute atomic E-state index is 13.2. The summed E-state index contributed by atoms with van der Waals surface area (Å²) in [4.78, 5) is 13.2. The molecule has 0 bridgehead atoms. The van der Waals surface area contributed by atoms with E-state index in [1.165, 1.54) is 0 Å². The van der Waals surface area contributed by atoms with Gasteiger partial charge in [-0.15, -0.1) is 6.42 Å². The second kappa shape index (κ2) is 11.0. The molecular weight excluding hydrogens is 490 g/mol. The molecule has 0 saturated carbocycles. The van der Waals surface area contributed by atoms with Crippen LogP contribution in [0.5, 0.6) is 11.5 Å². The predicted molar refractivity (Wildman–Crippen MR) is 132 cm³/mol. The molecule has 8 heteroatoms. The molecule has 0 unspecified atom stereocenters. The maximum Gasteiger partial charge on any atom is 0.231 e. The van der Waals surface area contributed by atoms with E-state index in [2.05, 4.69) is 44.4 Å². The lowest BCUT2D eigenvalue weighted by Crippen LogP contribution is -2.52. The molecule has 0 spiro atoms. The molecule has 2 aromatic rings. The van der Waals surface area contributed by atoms with Crippen molar-refractivity contribution in [2.24, 2.45) is 5.92 Å². The van der Waals surface area contributed by atoms with Gasteiger partial charge in [-0.25, -0.2) is 0 Å². The van der Waals surface area contributed by atoms with Gasteiger partial charge in [0.25, 0.3) is 0 Å². The average molecular weight is 514 g/mol. The molecule has 1 fully saturated rings. The predicted octanol–water partition coefficient (Wildman–Crippen LogP) is 3.82. The number of hydrogen-bond donors (Lipinski definition) is 3. The van der Waals surface area contributed by atoms with Crippen LogP contribution in [-0.4, -0.2) is 24.2 Å². The first-order valence-corrected chi connectivity index (χ1v) is 11.2. The molecule has 1 aliphatic rings. The molecule has 6 nitrogen and oxygen atoms in total.